The van der Waals surface area contributed by atoms with E-state index in [2.05, 4.69) is 0 Å². The molecule has 0 saturated heterocycles. The van der Waals surface area contributed by atoms with E-state index in [1.165, 1.54) is 0 Å². The number of hydrogen-bond acceptors (Lipinski definition) is 1. The average Bonchev–Trinajstić information content (AvgIpc) is 0. The van der Waals surface area contributed by atoms with Crippen molar-refractivity contribution in [2.45, 2.75) is 0 Å². The van der Waals surface area contributed by atoms with Gasteiger partial charge < -0.3 is 11.0 Å². The third kappa shape index (κ3) is 9.24. The maximum absolute atomic E-state index is 0. The Morgan fingerprint density at radius 2 is 0.750 bits per heavy atom. The van der Waals surface area contributed by atoms with Crippen molar-refractivity contribution in [1.82, 2.24) is 0 Å². The summed E-state index contributed by atoms with van der Waals surface area (Å²) in [5.41, 5.74) is 0. The van der Waals surface area contributed by atoms with Gasteiger partial charge in [-0.25, -0.2) is 0 Å². The van der Waals surface area contributed by atoms with Gasteiger partial charge in [0.2, 0.25) is 0 Å². The summed E-state index contributed by atoms with van der Waals surface area (Å²) in [7, 11) is 0. The summed E-state index contributed by atoms with van der Waals surface area (Å²) >= 11 is 0. The van der Waals surface area contributed by atoms with Crippen LogP contribution in [0.3, 0.4) is 0 Å². The topological polar surface area (TPSA) is 58.5 Å². The number of hydrogen-bond donors (Lipinski definition) is 0. The Labute approximate surface area is 64.9 Å². The van der Waals surface area contributed by atoms with E-state index in [9.17, 15) is 0 Å². The molecule has 1 N–H and O–H groups in total. The predicted molar refractivity (Wildman–Crippen MR) is 2.62 cm³/mol. The summed E-state index contributed by atoms with van der Waals surface area (Å²) in [6.45, 7) is 0. The molecule has 0 bridgehead atoms. The van der Waals surface area contributed by atoms with Gasteiger partial charge in [-0.1, -0.05) is 0 Å². The smallest absolute Gasteiger partial charge is 2.00 e. The molecule has 0 aliphatic rings. The van der Waals surface area contributed by atoms with Crippen molar-refractivity contribution in [3.05, 3.63) is 0 Å². The molecule has 16 valence electrons. The van der Waals surface area contributed by atoms with Crippen molar-refractivity contribution in [2.24, 2.45) is 0 Å². The minimum Gasteiger partial charge on any atom is -2.00 e. The Balaban J connectivity index is 0. The van der Waals surface area contributed by atoms with Crippen molar-refractivity contribution in [1.29, 1.82) is 0 Å². The van der Waals surface area contributed by atoms with Crippen molar-refractivity contribution in [2.75, 3.05) is 0 Å². The van der Waals surface area contributed by atoms with Crippen LogP contribution in [0.15, 0.2) is 0 Å². The molecule has 0 aliphatic carbocycles. The van der Waals surface area contributed by atoms with Crippen LogP contribution < -0.4 is 0 Å². The van der Waals surface area contributed by atoms with Crippen LogP contribution in [0.25, 0.3) is 0 Å². The van der Waals surface area contributed by atoms with E-state index in [4.69, 9.17) is 0 Å². The second kappa shape index (κ2) is 21.7. The van der Waals surface area contributed by atoms with E-state index >= 15 is 0 Å². The van der Waals surface area contributed by atoms with Crippen LogP contribution in [0.2, 0.25) is 0 Å². The second-order valence-electron chi connectivity index (χ2n) is 0. The molecule has 0 atom stereocenters. The summed E-state index contributed by atoms with van der Waals surface area (Å²) in [5.74, 6) is 0. The molecule has 0 aromatic carbocycles. The van der Waals surface area contributed by atoms with Gasteiger partial charge in [0, 0.05) is 0 Å². The Morgan fingerprint density at radius 1 is 0.750 bits per heavy atom. The van der Waals surface area contributed by atoms with Crippen molar-refractivity contribution in [3.63, 3.8) is 0 Å². The Hall–Kier alpha value is 1.76. The van der Waals surface area contributed by atoms with Crippen molar-refractivity contribution >= 4 is 0 Å². The van der Waals surface area contributed by atoms with E-state index in [-0.39, 0.29) is 65.5 Å². The van der Waals surface area contributed by atoms with Gasteiger partial charge in [-0.05, 0) is 0 Å². The molecule has 0 aromatic rings. The molecule has 0 radical (unpaired) electrons. The Bertz CT molecular complexity index is 4.00. The summed E-state index contributed by atoms with van der Waals surface area (Å²) in [4.78, 5) is 0. The first-order chi connectivity index (χ1) is 0. The first-order valence-corrected chi connectivity index (χ1v) is 0. The first kappa shape index (κ1) is 42.0. The van der Waals surface area contributed by atoms with E-state index < -0.39 is 0 Å². The summed E-state index contributed by atoms with van der Waals surface area (Å²) in [5, 5.41) is 0. The summed E-state index contributed by atoms with van der Waals surface area (Å²) in [6, 6.07) is 0. The Morgan fingerprint density at radius 3 is 0.750 bits per heavy atom. The zero-order valence-electron chi connectivity index (χ0n) is 2.27. The molecule has 0 fully saturated rings. The van der Waals surface area contributed by atoms with Crippen molar-refractivity contribution < 1.29 is 65.5 Å². The molecule has 0 saturated carbocycles. The third-order valence-electron chi connectivity index (χ3n) is 0. The Kier molecular flexibility index (Phi) is 228. The van der Waals surface area contributed by atoms with E-state index in [0.717, 1.165) is 0 Å². The normalized spacial score (nSPS) is 0. The van der Waals surface area contributed by atoms with E-state index in [1.54, 1.807) is 0 Å². The molecule has 0 aromatic heterocycles. The van der Waals surface area contributed by atoms with Gasteiger partial charge in [0.1, 0.15) is 0 Å². The quantitative estimate of drug-likeness (QED) is 0.550. The molecule has 4 heavy (non-hydrogen) atoms. The first-order valence-electron chi connectivity index (χ1n) is 0. The fraction of sp³-hybridized carbons (Fsp3) is 0. The van der Waals surface area contributed by atoms with E-state index in [0.29, 0.717) is 0 Å². The molecule has 0 rings (SSSR count). The molecular weight excluding hydrogens is 257 g/mol. The molecule has 0 aliphatic heterocycles. The van der Waals surface area contributed by atoms with Crippen LogP contribution >= 0.6 is 0 Å². The summed E-state index contributed by atoms with van der Waals surface area (Å²) in [6.07, 6.45) is 0. The van der Waals surface area contributed by atoms with Crippen LogP contribution in [-0.4, -0.2) is 5.48 Å². The number of rotatable bonds is 0. The maximum atomic E-state index is 0. The van der Waals surface area contributed by atoms with Gasteiger partial charge >= 0.3 is 54.6 Å². The standard InChI is InChI=1S/2Cd.H2O.O/h;;1H2;/q2*+2;;-2/p-1. The maximum Gasteiger partial charge on any atom is 2.00 e. The van der Waals surface area contributed by atoms with Gasteiger partial charge in [0.25, 0.3) is 0 Å². The molecule has 4 heteroatoms. The molecule has 2 nitrogen and oxygen atoms in total. The SMILES string of the molecule is [Cd+2].[Cd+2].[O-2].[OH-]. The predicted octanol–water partition coefficient (Wildman–Crippen LogP) is -0.301. The van der Waals surface area contributed by atoms with Gasteiger partial charge in [-0.2, -0.15) is 0 Å². The van der Waals surface area contributed by atoms with Crippen molar-refractivity contribution in [3.8, 4) is 0 Å². The van der Waals surface area contributed by atoms with Gasteiger partial charge in [-0.15, -0.1) is 0 Å². The molecule has 0 spiro atoms. The second-order valence-corrected chi connectivity index (χ2v) is 0. The largest absolute Gasteiger partial charge is 2.00 e. The minimum atomic E-state index is 0. The van der Waals surface area contributed by atoms with Crippen LogP contribution in [-0.2, 0) is 60.1 Å². The average molecular weight is 258 g/mol. The van der Waals surface area contributed by atoms with Crippen LogP contribution in [0.5, 0.6) is 0 Å². The van der Waals surface area contributed by atoms with Crippen LogP contribution in [0, 0.1) is 0 Å². The zero-order valence-corrected chi connectivity index (χ0v) is 10.3. The zero-order chi connectivity index (χ0) is 0. The van der Waals surface area contributed by atoms with E-state index in [1.807, 2.05) is 0 Å². The molecule has 0 amide bonds. The van der Waals surface area contributed by atoms with Gasteiger partial charge in [0.15, 0.2) is 0 Å². The van der Waals surface area contributed by atoms with Crippen LogP contribution in [0.1, 0.15) is 0 Å². The van der Waals surface area contributed by atoms with Gasteiger partial charge in [0.05, 0.1) is 0 Å². The molecule has 0 heterocycles. The fourth-order valence-electron chi connectivity index (χ4n) is 0. The molecular formula is HCd2O2+. The third-order valence-corrected chi connectivity index (χ3v) is 0. The fourth-order valence-corrected chi connectivity index (χ4v) is 0. The minimum absolute atomic E-state index is 0. The van der Waals surface area contributed by atoms with Gasteiger partial charge in [-0.3, -0.25) is 0 Å². The van der Waals surface area contributed by atoms with Crippen LogP contribution in [0.4, 0.5) is 0 Å². The molecule has 0 unspecified atom stereocenters. The monoisotopic (exact) mass is 261 g/mol. The summed E-state index contributed by atoms with van der Waals surface area (Å²) < 4.78 is 0.